The summed E-state index contributed by atoms with van der Waals surface area (Å²) in [6.07, 6.45) is 34.9. The van der Waals surface area contributed by atoms with Crippen LogP contribution < -0.4 is 0 Å². The molecular weight excluding hydrogens is 472 g/mol. The predicted octanol–water partition coefficient (Wildman–Crippen LogP) is 9.27. The molecule has 0 N–H and O–H groups in total. The van der Waals surface area contributed by atoms with Crippen LogP contribution in [0.5, 0.6) is 0 Å². The summed E-state index contributed by atoms with van der Waals surface area (Å²) in [5, 5.41) is 0. The third kappa shape index (κ3) is 9.87. The minimum atomic E-state index is -0.0713. The molecule has 4 nitrogen and oxygen atoms in total. The number of carbonyl (C=O) groups is 2. The van der Waals surface area contributed by atoms with Gasteiger partial charge in [-0.1, -0.05) is 107 Å². The molecule has 0 aliphatic heterocycles. The van der Waals surface area contributed by atoms with E-state index in [4.69, 9.17) is 9.47 Å². The molecule has 4 heteroatoms. The highest BCUT2D eigenvalue weighted by Gasteiger charge is 2.55. The van der Waals surface area contributed by atoms with E-state index in [0.29, 0.717) is 18.3 Å². The molecule has 0 amide bonds. The van der Waals surface area contributed by atoms with Crippen molar-refractivity contribution in [2.75, 3.05) is 14.2 Å². The zero-order valence-electron chi connectivity index (χ0n) is 24.7. The van der Waals surface area contributed by atoms with Crippen molar-refractivity contribution >= 4 is 11.9 Å². The van der Waals surface area contributed by atoms with Crippen molar-refractivity contribution in [3.05, 3.63) is 23.8 Å². The lowest BCUT2D eigenvalue weighted by Gasteiger charge is -2.33. The van der Waals surface area contributed by atoms with Gasteiger partial charge in [-0.05, 0) is 68.1 Å². The van der Waals surface area contributed by atoms with Crippen molar-refractivity contribution < 1.29 is 19.1 Å². The molecule has 0 aromatic heterocycles. The smallest absolute Gasteiger partial charge is 0.305 e. The number of ether oxygens (including phenoxy) is 2. The van der Waals surface area contributed by atoms with E-state index in [2.05, 4.69) is 18.2 Å². The van der Waals surface area contributed by atoms with Crippen molar-refractivity contribution in [3.63, 3.8) is 0 Å². The molecule has 3 rings (SSSR count). The molecule has 4 unspecified atom stereocenters. The molecule has 2 bridgehead atoms. The van der Waals surface area contributed by atoms with Crippen LogP contribution in [0, 0.1) is 23.2 Å². The van der Waals surface area contributed by atoms with E-state index >= 15 is 0 Å². The highest BCUT2D eigenvalue weighted by molar-refractivity contribution is 5.69. The molecule has 3 aliphatic rings. The van der Waals surface area contributed by atoms with Gasteiger partial charge in [0.05, 0.1) is 14.2 Å². The largest absolute Gasteiger partial charge is 0.469 e. The SMILES string of the molecule is COC(=O)CCCCCCCCCCC1=CC2C3C=CC(CCCCCCCCCCC(=O)OC)(C3)C2C1. The second-order valence-electron chi connectivity index (χ2n) is 12.5. The van der Waals surface area contributed by atoms with Gasteiger partial charge in [-0.25, -0.2) is 0 Å². The molecule has 0 spiro atoms. The summed E-state index contributed by atoms with van der Waals surface area (Å²) in [5.74, 6) is 2.41. The van der Waals surface area contributed by atoms with E-state index in [9.17, 15) is 9.59 Å². The summed E-state index contributed by atoms with van der Waals surface area (Å²) in [6.45, 7) is 0. The fraction of sp³-hybridized carbons (Fsp3) is 0.824. The second-order valence-corrected chi connectivity index (χ2v) is 12.5. The Bertz CT molecular complexity index is 768. The van der Waals surface area contributed by atoms with Gasteiger partial charge >= 0.3 is 11.9 Å². The number of esters is 2. The molecule has 0 saturated heterocycles. The topological polar surface area (TPSA) is 52.6 Å². The van der Waals surface area contributed by atoms with Gasteiger partial charge in [0.25, 0.3) is 0 Å². The van der Waals surface area contributed by atoms with E-state index < -0.39 is 0 Å². The van der Waals surface area contributed by atoms with E-state index in [1.54, 1.807) is 5.57 Å². The van der Waals surface area contributed by atoms with Crippen LogP contribution in [0.3, 0.4) is 0 Å². The Balaban J connectivity index is 1.19. The van der Waals surface area contributed by atoms with Crippen LogP contribution in [0.4, 0.5) is 0 Å². The molecule has 4 atom stereocenters. The van der Waals surface area contributed by atoms with Gasteiger partial charge in [0, 0.05) is 12.8 Å². The van der Waals surface area contributed by atoms with Crippen molar-refractivity contribution in [1.82, 2.24) is 0 Å². The van der Waals surface area contributed by atoms with Gasteiger partial charge in [-0.3, -0.25) is 9.59 Å². The quantitative estimate of drug-likeness (QED) is 0.0798. The summed E-state index contributed by atoms with van der Waals surface area (Å²) in [7, 11) is 2.95. The van der Waals surface area contributed by atoms with Gasteiger partial charge in [-0.2, -0.15) is 0 Å². The molecule has 0 aromatic carbocycles. The number of hydrogen-bond donors (Lipinski definition) is 0. The Morgan fingerprint density at radius 1 is 0.737 bits per heavy atom. The summed E-state index contributed by atoms with van der Waals surface area (Å²) in [5.41, 5.74) is 2.28. The van der Waals surface area contributed by atoms with E-state index in [0.717, 1.165) is 43.4 Å². The van der Waals surface area contributed by atoms with Crippen molar-refractivity contribution in [1.29, 1.82) is 0 Å². The molecule has 1 fully saturated rings. The zero-order valence-corrected chi connectivity index (χ0v) is 24.7. The van der Waals surface area contributed by atoms with Crippen LogP contribution in [-0.2, 0) is 19.1 Å². The molecule has 0 radical (unpaired) electrons. The lowest BCUT2D eigenvalue weighted by atomic mass is 9.71. The lowest BCUT2D eigenvalue weighted by molar-refractivity contribution is -0.141. The molecule has 38 heavy (non-hydrogen) atoms. The standard InChI is InChI=1S/C34H56O4/c1-37-32(35)20-16-12-8-4-3-7-11-15-19-28-25-30-29-22-24-34(27-29,31(30)26-28)23-18-14-10-6-5-9-13-17-21-33(36)38-2/h22,24-25,29-31H,3-21,23,26-27H2,1-2H3. The van der Waals surface area contributed by atoms with Crippen LogP contribution in [0.1, 0.15) is 141 Å². The van der Waals surface area contributed by atoms with Crippen LogP contribution >= 0.6 is 0 Å². The number of rotatable bonds is 22. The first-order valence-electron chi connectivity index (χ1n) is 16.1. The average Bonchev–Trinajstić information content (AvgIpc) is 3.62. The Hall–Kier alpha value is -1.58. The number of fused-ring (bicyclic) bond motifs is 5. The van der Waals surface area contributed by atoms with Crippen molar-refractivity contribution in [3.8, 4) is 0 Å². The zero-order chi connectivity index (χ0) is 27.1. The van der Waals surface area contributed by atoms with Crippen molar-refractivity contribution in [2.45, 2.75) is 141 Å². The molecule has 0 aromatic rings. The van der Waals surface area contributed by atoms with Crippen molar-refractivity contribution in [2.24, 2.45) is 23.2 Å². The lowest BCUT2D eigenvalue weighted by Crippen LogP contribution is -2.25. The minimum absolute atomic E-state index is 0.0701. The minimum Gasteiger partial charge on any atom is -0.469 e. The highest BCUT2D eigenvalue weighted by atomic mass is 16.5. The Labute approximate surface area is 233 Å². The molecule has 3 aliphatic carbocycles. The maximum Gasteiger partial charge on any atom is 0.305 e. The number of unbranched alkanes of at least 4 members (excludes halogenated alkanes) is 14. The summed E-state index contributed by atoms with van der Waals surface area (Å²) in [6, 6.07) is 0. The highest BCUT2D eigenvalue weighted by Crippen LogP contribution is 2.63. The normalized spacial score (nSPS) is 25.0. The number of allylic oxidation sites excluding steroid dienone is 4. The maximum atomic E-state index is 11.2. The van der Waals surface area contributed by atoms with Gasteiger partial charge in [0.2, 0.25) is 0 Å². The molecule has 0 heterocycles. The van der Waals surface area contributed by atoms with E-state index in [1.807, 2.05) is 0 Å². The molecular formula is C34H56O4. The predicted molar refractivity (Wildman–Crippen MR) is 156 cm³/mol. The molecule has 216 valence electrons. The first kappa shape index (κ1) is 31.0. The summed E-state index contributed by atoms with van der Waals surface area (Å²) < 4.78 is 9.41. The van der Waals surface area contributed by atoms with Gasteiger partial charge in [-0.15, -0.1) is 0 Å². The van der Waals surface area contributed by atoms with E-state index in [-0.39, 0.29) is 11.9 Å². The summed E-state index contributed by atoms with van der Waals surface area (Å²) in [4.78, 5) is 22.3. The van der Waals surface area contributed by atoms with Gasteiger partial charge in [0.15, 0.2) is 0 Å². The van der Waals surface area contributed by atoms with Crippen LogP contribution in [0.15, 0.2) is 23.8 Å². The first-order valence-corrected chi connectivity index (χ1v) is 16.1. The van der Waals surface area contributed by atoms with Crippen LogP contribution in [0.25, 0.3) is 0 Å². The number of methoxy groups -OCH3 is 2. The fourth-order valence-corrected chi connectivity index (χ4v) is 7.54. The fourth-order valence-electron chi connectivity index (χ4n) is 7.54. The Morgan fingerprint density at radius 3 is 1.79 bits per heavy atom. The number of hydrogen-bond acceptors (Lipinski definition) is 4. The van der Waals surface area contributed by atoms with E-state index in [1.165, 1.54) is 117 Å². The van der Waals surface area contributed by atoms with Gasteiger partial charge < -0.3 is 9.47 Å². The number of carbonyl (C=O) groups excluding carboxylic acids is 2. The third-order valence-electron chi connectivity index (χ3n) is 9.76. The van der Waals surface area contributed by atoms with Crippen LogP contribution in [-0.4, -0.2) is 26.2 Å². The average molecular weight is 529 g/mol. The monoisotopic (exact) mass is 528 g/mol. The summed E-state index contributed by atoms with van der Waals surface area (Å²) >= 11 is 0. The Kier molecular flexibility index (Phi) is 14.0. The third-order valence-corrected chi connectivity index (χ3v) is 9.76. The maximum absolute atomic E-state index is 11.2. The molecule has 1 saturated carbocycles. The first-order chi connectivity index (χ1) is 18.6. The Morgan fingerprint density at radius 2 is 1.24 bits per heavy atom. The van der Waals surface area contributed by atoms with Crippen LogP contribution in [0.2, 0.25) is 0 Å². The second kappa shape index (κ2) is 17.2. The van der Waals surface area contributed by atoms with Gasteiger partial charge in [0.1, 0.15) is 0 Å².